The highest BCUT2D eigenvalue weighted by Gasteiger charge is 2.08. The van der Waals surface area contributed by atoms with Gasteiger partial charge in [-0.05, 0) is 24.6 Å². The third-order valence-electron chi connectivity index (χ3n) is 2.64. The monoisotopic (exact) mass is 228 g/mol. The van der Waals surface area contributed by atoms with Crippen LogP contribution in [0, 0.1) is 0 Å². The van der Waals surface area contributed by atoms with Crippen molar-refractivity contribution in [2.75, 3.05) is 12.4 Å². The van der Waals surface area contributed by atoms with Gasteiger partial charge in [0.25, 0.3) is 0 Å². The van der Waals surface area contributed by atoms with E-state index in [2.05, 4.69) is 29.4 Å². The first kappa shape index (κ1) is 11.5. The fourth-order valence-corrected chi connectivity index (χ4v) is 1.69. The molecule has 0 saturated carbocycles. The van der Waals surface area contributed by atoms with Gasteiger partial charge in [-0.25, -0.2) is 4.98 Å². The molecular weight excluding hydrogens is 212 g/mol. The number of aromatic nitrogens is 1. The molecule has 1 unspecified atom stereocenters. The van der Waals surface area contributed by atoms with Gasteiger partial charge in [0.1, 0.15) is 0 Å². The van der Waals surface area contributed by atoms with Crippen LogP contribution in [0.1, 0.15) is 18.5 Å². The Hall–Kier alpha value is -2.03. The highest BCUT2D eigenvalue weighted by molar-refractivity contribution is 5.50. The SMILES string of the molecule is COc1cccnc1NC(C)c1ccccc1. The Bertz CT molecular complexity index is 471. The Morgan fingerprint density at radius 2 is 1.88 bits per heavy atom. The second kappa shape index (κ2) is 5.34. The molecule has 3 heteroatoms. The Labute approximate surface area is 101 Å². The van der Waals surface area contributed by atoms with Crippen molar-refractivity contribution in [1.82, 2.24) is 4.98 Å². The molecule has 2 aromatic rings. The lowest BCUT2D eigenvalue weighted by atomic mass is 10.1. The summed E-state index contributed by atoms with van der Waals surface area (Å²) in [6, 6.07) is 14.2. The zero-order valence-corrected chi connectivity index (χ0v) is 10.1. The molecule has 0 saturated heterocycles. The molecular formula is C14H16N2O. The summed E-state index contributed by atoms with van der Waals surface area (Å²) in [7, 11) is 1.65. The number of rotatable bonds is 4. The molecule has 0 fully saturated rings. The van der Waals surface area contributed by atoms with Gasteiger partial charge in [-0.3, -0.25) is 0 Å². The van der Waals surface area contributed by atoms with E-state index in [9.17, 15) is 0 Å². The third-order valence-corrected chi connectivity index (χ3v) is 2.64. The van der Waals surface area contributed by atoms with Crippen LogP contribution in [-0.2, 0) is 0 Å². The summed E-state index contributed by atoms with van der Waals surface area (Å²) in [5, 5.41) is 3.34. The van der Waals surface area contributed by atoms with Crippen molar-refractivity contribution in [1.29, 1.82) is 0 Å². The zero-order valence-electron chi connectivity index (χ0n) is 10.1. The maximum atomic E-state index is 5.26. The number of nitrogens with one attached hydrogen (secondary N) is 1. The highest BCUT2D eigenvalue weighted by atomic mass is 16.5. The number of anilines is 1. The normalized spacial score (nSPS) is 11.9. The standard InChI is InChI=1S/C14H16N2O/c1-11(12-7-4-3-5-8-12)16-14-13(17-2)9-6-10-15-14/h3-11H,1-2H3,(H,15,16). The second-order valence-electron chi connectivity index (χ2n) is 3.83. The minimum atomic E-state index is 0.194. The lowest BCUT2D eigenvalue weighted by Crippen LogP contribution is -2.08. The molecule has 0 amide bonds. The first-order valence-electron chi connectivity index (χ1n) is 5.61. The molecule has 17 heavy (non-hydrogen) atoms. The molecule has 0 radical (unpaired) electrons. The van der Waals surface area contributed by atoms with Crippen molar-refractivity contribution >= 4 is 5.82 Å². The molecule has 1 heterocycles. The Morgan fingerprint density at radius 3 is 2.59 bits per heavy atom. The Kier molecular flexibility index (Phi) is 3.60. The van der Waals surface area contributed by atoms with Gasteiger partial charge in [-0.2, -0.15) is 0 Å². The summed E-state index contributed by atoms with van der Waals surface area (Å²) in [5.74, 6) is 1.53. The van der Waals surface area contributed by atoms with Gasteiger partial charge in [0, 0.05) is 6.20 Å². The highest BCUT2D eigenvalue weighted by Crippen LogP contribution is 2.25. The predicted molar refractivity (Wildman–Crippen MR) is 69.3 cm³/mol. The van der Waals surface area contributed by atoms with Crippen LogP contribution in [0.3, 0.4) is 0 Å². The van der Waals surface area contributed by atoms with E-state index in [0.29, 0.717) is 0 Å². The van der Waals surface area contributed by atoms with Gasteiger partial charge in [0.15, 0.2) is 11.6 Å². The largest absolute Gasteiger partial charge is 0.493 e. The third kappa shape index (κ3) is 2.75. The summed E-state index contributed by atoms with van der Waals surface area (Å²) in [6.45, 7) is 2.10. The van der Waals surface area contributed by atoms with E-state index in [1.807, 2.05) is 30.3 Å². The molecule has 1 aromatic heterocycles. The molecule has 0 spiro atoms. The summed E-state index contributed by atoms with van der Waals surface area (Å²) in [6.07, 6.45) is 1.75. The van der Waals surface area contributed by atoms with Crippen LogP contribution in [0.5, 0.6) is 5.75 Å². The quantitative estimate of drug-likeness (QED) is 0.872. The van der Waals surface area contributed by atoms with Crippen LogP contribution in [0.15, 0.2) is 48.7 Å². The fourth-order valence-electron chi connectivity index (χ4n) is 1.69. The van der Waals surface area contributed by atoms with Gasteiger partial charge in [-0.1, -0.05) is 30.3 Å². The number of nitrogens with zero attached hydrogens (tertiary/aromatic N) is 1. The zero-order chi connectivity index (χ0) is 12.1. The van der Waals surface area contributed by atoms with E-state index in [1.54, 1.807) is 13.3 Å². The lowest BCUT2D eigenvalue weighted by Gasteiger charge is -2.16. The van der Waals surface area contributed by atoms with Crippen molar-refractivity contribution in [3.8, 4) is 5.75 Å². The number of hydrogen-bond acceptors (Lipinski definition) is 3. The van der Waals surface area contributed by atoms with E-state index in [1.165, 1.54) is 5.56 Å². The van der Waals surface area contributed by atoms with Crippen LogP contribution in [-0.4, -0.2) is 12.1 Å². The fraction of sp³-hybridized carbons (Fsp3) is 0.214. The molecule has 1 atom stereocenters. The van der Waals surface area contributed by atoms with Gasteiger partial charge in [0.05, 0.1) is 13.2 Å². The van der Waals surface area contributed by atoms with Crippen molar-refractivity contribution in [3.63, 3.8) is 0 Å². The van der Waals surface area contributed by atoms with Gasteiger partial charge in [-0.15, -0.1) is 0 Å². The van der Waals surface area contributed by atoms with E-state index in [-0.39, 0.29) is 6.04 Å². The van der Waals surface area contributed by atoms with Gasteiger partial charge < -0.3 is 10.1 Å². The number of benzene rings is 1. The first-order chi connectivity index (χ1) is 8.31. The van der Waals surface area contributed by atoms with Crippen molar-refractivity contribution in [3.05, 3.63) is 54.2 Å². The average Bonchev–Trinajstić information content (AvgIpc) is 2.40. The molecule has 0 bridgehead atoms. The van der Waals surface area contributed by atoms with E-state index >= 15 is 0 Å². The topological polar surface area (TPSA) is 34.1 Å². The maximum absolute atomic E-state index is 5.26. The minimum Gasteiger partial charge on any atom is -0.493 e. The molecule has 3 nitrogen and oxygen atoms in total. The van der Waals surface area contributed by atoms with Crippen LogP contribution in [0.4, 0.5) is 5.82 Å². The van der Waals surface area contributed by atoms with Crippen LogP contribution in [0.25, 0.3) is 0 Å². The van der Waals surface area contributed by atoms with E-state index in [0.717, 1.165) is 11.6 Å². The van der Waals surface area contributed by atoms with Crippen molar-refractivity contribution < 1.29 is 4.74 Å². The molecule has 0 aliphatic rings. The lowest BCUT2D eigenvalue weighted by molar-refractivity contribution is 0.414. The second-order valence-corrected chi connectivity index (χ2v) is 3.83. The summed E-state index contributed by atoms with van der Waals surface area (Å²) >= 11 is 0. The maximum Gasteiger partial charge on any atom is 0.169 e. The van der Waals surface area contributed by atoms with E-state index < -0.39 is 0 Å². The molecule has 2 rings (SSSR count). The minimum absolute atomic E-state index is 0.194. The molecule has 1 aromatic carbocycles. The first-order valence-corrected chi connectivity index (χ1v) is 5.61. The smallest absolute Gasteiger partial charge is 0.169 e. The van der Waals surface area contributed by atoms with Gasteiger partial charge >= 0.3 is 0 Å². The van der Waals surface area contributed by atoms with Crippen LogP contribution < -0.4 is 10.1 Å². The Morgan fingerprint density at radius 1 is 1.12 bits per heavy atom. The number of ether oxygens (including phenoxy) is 1. The molecule has 0 aliphatic carbocycles. The van der Waals surface area contributed by atoms with Crippen molar-refractivity contribution in [2.24, 2.45) is 0 Å². The summed E-state index contributed by atoms with van der Waals surface area (Å²) in [5.41, 5.74) is 1.22. The molecule has 88 valence electrons. The molecule has 1 N–H and O–H groups in total. The van der Waals surface area contributed by atoms with E-state index in [4.69, 9.17) is 4.74 Å². The number of hydrogen-bond donors (Lipinski definition) is 1. The molecule has 0 aliphatic heterocycles. The Balaban J connectivity index is 2.16. The van der Waals surface area contributed by atoms with Crippen LogP contribution >= 0.6 is 0 Å². The summed E-state index contributed by atoms with van der Waals surface area (Å²) < 4.78 is 5.26. The predicted octanol–water partition coefficient (Wildman–Crippen LogP) is 3.26. The van der Waals surface area contributed by atoms with Crippen molar-refractivity contribution in [2.45, 2.75) is 13.0 Å². The summed E-state index contributed by atoms with van der Waals surface area (Å²) in [4.78, 5) is 4.28. The average molecular weight is 228 g/mol. The van der Waals surface area contributed by atoms with Crippen LogP contribution in [0.2, 0.25) is 0 Å². The number of pyridine rings is 1. The number of methoxy groups -OCH3 is 1. The van der Waals surface area contributed by atoms with Gasteiger partial charge in [0.2, 0.25) is 0 Å².